The third-order valence-corrected chi connectivity index (χ3v) is 3.29. The Morgan fingerprint density at radius 1 is 1.44 bits per heavy atom. The van der Waals surface area contributed by atoms with E-state index in [0.29, 0.717) is 5.56 Å². The molecule has 0 heterocycles. The topological polar surface area (TPSA) is 40.5 Å². The Hall–Kier alpha value is -0.920. The van der Waals surface area contributed by atoms with Crippen LogP contribution in [0.4, 0.5) is 0 Å². The monoisotopic (exact) mass is 267 g/mol. The maximum atomic E-state index is 11.1. The van der Waals surface area contributed by atoms with Crippen LogP contribution >= 0.6 is 9.39 Å². The van der Waals surface area contributed by atoms with Crippen molar-refractivity contribution in [3.8, 4) is 0 Å². The summed E-state index contributed by atoms with van der Waals surface area (Å²) in [5.41, 5.74) is 2.63. The molecule has 0 bridgehead atoms. The van der Waals surface area contributed by atoms with E-state index in [9.17, 15) is 4.79 Å². The number of aromatic carboxylic acids is 1. The van der Waals surface area contributed by atoms with E-state index in [4.69, 9.17) is 5.11 Å². The van der Waals surface area contributed by atoms with Crippen LogP contribution < -0.4 is 0 Å². The van der Waals surface area contributed by atoms with Gasteiger partial charge in [0.05, 0.1) is 5.56 Å². The highest BCUT2D eigenvalue weighted by Gasteiger charge is 2.25. The molecule has 0 aliphatic carbocycles. The number of carboxylic acids is 1. The average molecular weight is 267 g/mol. The van der Waals surface area contributed by atoms with Gasteiger partial charge in [0.1, 0.15) is 0 Å². The van der Waals surface area contributed by atoms with Crippen molar-refractivity contribution in [2.24, 2.45) is 0 Å². The smallest absolute Gasteiger partial charge is 0.335 e. The molecule has 0 saturated heterocycles. The van der Waals surface area contributed by atoms with Gasteiger partial charge in [0, 0.05) is 12.0 Å². The molecule has 1 atom stereocenters. The SMILES string of the molecule is CCc1ccc(C(=O)O)cc1C(C)(C)CN(C)P. The Kier molecular flexibility index (Phi) is 4.89. The number of rotatable bonds is 5. The Bertz CT molecular complexity index is 441. The minimum absolute atomic E-state index is 0.0761. The molecule has 18 heavy (non-hydrogen) atoms. The van der Waals surface area contributed by atoms with E-state index in [0.717, 1.165) is 18.5 Å². The van der Waals surface area contributed by atoms with Crippen molar-refractivity contribution in [2.45, 2.75) is 32.6 Å². The number of hydrogen-bond donors (Lipinski definition) is 1. The summed E-state index contributed by atoms with van der Waals surface area (Å²) in [5, 5.41) is 9.11. The second-order valence-electron chi connectivity index (χ2n) is 5.33. The molecule has 0 spiro atoms. The van der Waals surface area contributed by atoms with Crippen molar-refractivity contribution in [2.75, 3.05) is 13.6 Å². The lowest BCUT2D eigenvalue weighted by Gasteiger charge is -2.31. The van der Waals surface area contributed by atoms with Crippen molar-refractivity contribution in [3.63, 3.8) is 0 Å². The van der Waals surface area contributed by atoms with Gasteiger partial charge in [0.2, 0.25) is 0 Å². The molecule has 0 saturated carbocycles. The highest BCUT2D eigenvalue weighted by atomic mass is 31.0. The predicted octanol–water partition coefficient (Wildman–Crippen LogP) is 2.95. The molecular weight excluding hydrogens is 245 g/mol. The van der Waals surface area contributed by atoms with E-state index in [1.54, 1.807) is 6.07 Å². The van der Waals surface area contributed by atoms with Gasteiger partial charge in [-0.1, -0.05) is 36.2 Å². The maximum Gasteiger partial charge on any atom is 0.335 e. The zero-order valence-electron chi connectivity index (χ0n) is 11.5. The number of carboxylic acid groups (broad SMARTS) is 1. The molecule has 0 fully saturated rings. The van der Waals surface area contributed by atoms with E-state index in [-0.39, 0.29) is 5.41 Å². The lowest BCUT2D eigenvalue weighted by Crippen LogP contribution is -2.30. The number of benzene rings is 1. The van der Waals surface area contributed by atoms with Gasteiger partial charge in [-0.25, -0.2) is 4.79 Å². The van der Waals surface area contributed by atoms with Gasteiger partial charge in [-0.2, -0.15) is 0 Å². The molecule has 3 nitrogen and oxygen atoms in total. The Balaban J connectivity index is 3.26. The average Bonchev–Trinajstić information content (AvgIpc) is 2.26. The largest absolute Gasteiger partial charge is 0.478 e. The van der Waals surface area contributed by atoms with Crippen molar-refractivity contribution in [1.29, 1.82) is 0 Å². The van der Waals surface area contributed by atoms with Gasteiger partial charge in [0.15, 0.2) is 0 Å². The van der Waals surface area contributed by atoms with Crippen LogP contribution in [0.25, 0.3) is 0 Å². The van der Waals surface area contributed by atoms with Crippen molar-refractivity contribution in [1.82, 2.24) is 4.67 Å². The molecule has 1 N–H and O–H groups in total. The van der Waals surface area contributed by atoms with Crippen molar-refractivity contribution >= 4 is 15.4 Å². The quantitative estimate of drug-likeness (QED) is 0.834. The fourth-order valence-corrected chi connectivity index (χ4v) is 2.81. The van der Waals surface area contributed by atoms with E-state index in [2.05, 4.69) is 30.2 Å². The molecule has 0 radical (unpaired) electrons. The normalized spacial score (nSPS) is 11.9. The number of nitrogens with zero attached hydrogens (tertiary/aromatic N) is 1. The van der Waals surface area contributed by atoms with Gasteiger partial charge in [-0.15, -0.1) is 0 Å². The maximum absolute atomic E-state index is 11.1. The number of hydrogen-bond acceptors (Lipinski definition) is 2. The van der Waals surface area contributed by atoms with Crippen LogP contribution in [0, 0.1) is 0 Å². The minimum Gasteiger partial charge on any atom is -0.478 e. The summed E-state index contributed by atoms with van der Waals surface area (Å²) in [6.45, 7) is 7.24. The van der Waals surface area contributed by atoms with Crippen LogP contribution in [-0.2, 0) is 11.8 Å². The van der Waals surface area contributed by atoms with Crippen LogP contribution in [0.3, 0.4) is 0 Å². The highest BCUT2D eigenvalue weighted by Crippen LogP contribution is 2.29. The minimum atomic E-state index is -0.867. The molecule has 100 valence electrons. The summed E-state index contributed by atoms with van der Waals surface area (Å²) >= 11 is 0. The third-order valence-electron chi connectivity index (χ3n) is 3.11. The summed E-state index contributed by atoms with van der Waals surface area (Å²) in [7, 11) is 4.65. The highest BCUT2D eigenvalue weighted by molar-refractivity contribution is 7.13. The zero-order valence-corrected chi connectivity index (χ0v) is 12.7. The van der Waals surface area contributed by atoms with E-state index in [1.165, 1.54) is 5.56 Å². The molecule has 1 aromatic carbocycles. The Labute approximate surface area is 111 Å². The van der Waals surface area contributed by atoms with Crippen LogP contribution in [0.1, 0.15) is 42.3 Å². The molecule has 0 aromatic heterocycles. The van der Waals surface area contributed by atoms with Gasteiger partial charge in [0.25, 0.3) is 0 Å². The lowest BCUT2D eigenvalue weighted by molar-refractivity contribution is 0.0696. The first-order valence-corrected chi connectivity index (χ1v) is 6.62. The third kappa shape index (κ3) is 3.54. The first-order chi connectivity index (χ1) is 8.27. The number of likely N-dealkylation sites (N-methyl/N-ethyl adjacent to an activating group) is 1. The Morgan fingerprint density at radius 3 is 2.50 bits per heavy atom. The van der Waals surface area contributed by atoms with Gasteiger partial charge >= 0.3 is 5.97 Å². The molecule has 0 aliphatic rings. The molecule has 1 unspecified atom stereocenters. The van der Waals surface area contributed by atoms with Crippen LogP contribution in [0.2, 0.25) is 0 Å². The summed E-state index contributed by atoms with van der Waals surface area (Å²) in [6, 6.07) is 5.43. The van der Waals surface area contributed by atoms with Crippen LogP contribution in [0.5, 0.6) is 0 Å². The lowest BCUT2D eigenvalue weighted by atomic mass is 9.80. The first-order valence-electron chi connectivity index (χ1n) is 6.10. The summed E-state index contributed by atoms with van der Waals surface area (Å²) in [4.78, 5) is 11.1. The molecule has 0 amide bonds. The van der Waals surface area contributed by atoms with E-state index < -0.39 is 5.97 Å². The van der Waals surface area contributed by atoms with Gasteiger partial charge in [-0.05, 0) is 36.7 Å². The second kappa shape index (κ2) is 5.81. The summed E-state index contributed by atoms with van der Waals surface area (Å²) < 4.78 is 2.05. The van der Waals surface area contributed by atoms with E-state index in [1.807, 2.05) is 23.9 Å². The number of aryl methyl sites for hydroxylation is 1. The van der Waals surface area contributed by atoms with Crippen molar-refractivity contribution < 1.29 is 9.90 Å². The second-order valence-corrected chi connectivity index (χ2v) is 6.21. The number of carbonyl (C=O) groups is 1. The van der Waals surface area contributed by atoms with Crippen LogP contribution in [-0.4, -0.2) is 29.3 Å². The first kappa shape index (κ1) is 15.1. The Morgan fingerprint density at radius 2 is 2.06 bits per heavy atom. The van der Waals surface area contributed by atoms with Gasteiger partial charge in [-0.3, -0.25) is 4.67 Å². The molecule has 1 aromatic rings. The molecular formula is C14H22NO2P. The standard InChI is InChI=1S/C14H22NO2P/c1-5-10-6-7-11(13(16)17)8-12(10)14(2,3)9-15(4)18/h6-8H,5,9,18H2,1-4H3,(H,16,17). The predicted molar refractivity (Wildman–Crippen MR) is 78.1 cm³/mol. The summed E-state index contributed by atoms with van der Waals surface area (Å²) in [6.07, 6.45) is 0.916. The fraction of sp³-hybridized carbons (Fsp3) is 0.500. The van der Waals surface area contributed by atoms with Crippen molar-refractivity contribution in [3.05, 3.63) is 34.9 Å². The molecule has 0 aliphatic heterocycles. The summed E-state index contributed by atoms with van der Waals surface area (Å²) in [5.74, 6) is -0.867. The van der Waals surface area contributed by atoms with E-state index >= 15 is 0 Å². The molecule has 1 rings (SSSR count). The van der Waals surface area contributed by atoms with Crippen LogP contribution in [0.15, 0.2) is 18.2 Å². The van der Waals surface area contributed by atoms with Gasteiger partial charge < -0.3 is 5.11 Å². The molecule has 4 heteroatoms. The fourth-order valence-electron chi connectivity index (χ4n) is 2.36. The zero-order chi connectivity index (χ0) is 13.9.